The van der Waals surface area contributed by atoms with Crippen LogP contribution in [-0.4, -0.2) is 31.1 Å². The van der Waals surface area contributed by atoms with Crippen molar-refractivity contribution in [3.63, 3.8) is 0 Å². The Kier molecular flexibility index (Phi) is 4.52. The maximum absolute atomic E-state index is 13.0. The fourth-order valence-corrected chi connectivity index (χ4v) is 2.24. The smallest absolute Gasteiger partial charge is 0.152 e. The molecule has 0 aliphatic rings. The van der Waals surface area contributed by atoms with Crippen molar-refractivity contribution in [3.05, 3.63) is 34.6 Å². The van der Waals surface area contributed by atoms with Gasteiger partial charge in [-0.25, -0.2) is 12.8 Å². The highest BCUT2D eigenvalue weighted by molar-refractivity contribution is 7.91. The van der Waals surface area contributed by atoms with Crippen LogP contribution >= 0.6 is 11.6 Å². The van der Waals surface area contributed by atoms with Gasteiger partial charge in [0.2, 0.25) is 0 Å². The normalized spacial score (nSPS) is 15.6. The zero-order valence-corrected chi connectivity index (χ0v) is 11.1. The second-order valence-electron chi connectivity index (χ2n) is 4.04. The van der Waals surface area contributed by atoms with Gasteiger partial charge < -0.3 is 5.11 Å². The number of hydrogen-bond donors (Lipinski definition) is 1. The molecular weight excluding hydrogens is 267 g/mol. The van der Waals surface area contributed by atoms with Gasteiger partial charge >= 0.3 is 0 Å². The van der Waals surface area contributed by atoms with Gasteiger partial charge in [-0.3, -0.25) is 0 Å². The molecule has 0 bridgehead atoms. The molecule has 3 nitrogen and oxygen atoms in total. The number of sulfone groups is 1. The maximum Gasteiger partial charge on any atom is 0.152 e. The van der Waals surface area contributed by atoms with E-state index >= 15 is 0 Å². The van der Waals surface area contributed by atoms with Crippen LogP contribution in [0.15, 0.2) is 18.2 Å². The number of aliphatic hydroxyl groups excluding tert-OH is 1. The van der Waals surface area contributed by atoms with Crippen molar-refractivity contribution in [2.24, 2.45) is 0 Å². The molecule has 1 rings (SSSR count). The molecule has 0 aromatic heterocycles. The molecule has 96 valence electrons. The largest absolute Gasteiger partial charge is 0.391 e. The molecule has 17 heavy (non-hydrogen) atoms. The number of rotatable bonds is 4. The summed E-state index contributed by atoms with van der Waals surface area (Å²) in [4.78, 5) is 0. The number of hydrogen-bond acceptors (Lipinski definition) is 3. The summed E-state index contributed by atoms with van der Waals surface area (Å²) in [6.07, 6.45) is -0.0527. The molecule has 1 aromatic rings. The van der Waals surface area contributed by atoms with Gasteiger partial charge in [0, 0.05) is 17.7 Å². The molecule has 0 spiro atoms. The Balaban J connectivity index is 2.88. The van der Waals surface area contributed by atoms with Gasteiger partial charge in [0.25, 0.3) is 0 Å². The van der Waals surface area contributed by atoms with Gasteiger partial charge in [-0.2, -0.15) is 0 Å². The third-order valence-electron chi connectivity index (χ3n) is 2.65. The average molecular weight is 281 g/mol. The Morgan fingerprint density at radius 1 is 1.47 bits per heavy atom. The second kappa shape index (κ2) is 5.33. The zero-order chi connectivity index (χ0) is 13.2. The van der Waals surface area contributed by atoms with E-state index in [4.69, 9.17) is 11.6 Å². The standard InChI is InChI=1S/C11H14ClFO3S/c1-7(17(2,15)16)11(14)6-8-5-9(13)3-4-10(8)12/h3-5,7,11,14H,6H2,1-2H3. The van der Waals surface area contributed by atoms with Crippen molar-refractivity contribution in [2.45, 2.75) is 24.7 Å². The Morgan fingerprint density at radius 3 is 2.59 bits per heavy atom. The number of halogens is 2. The third-order valence-corrected chi connectivity index (χ3v) is 4.69. The van der Waals surface area contributed by atoms with Crippen molar-refractivity contribution in [3.8, 4) is 0 Å². The fourth-order valence-electron chi connectivity index (χ4n) is 1.38. The highest BCUT2D eigenvalue weighted by atomic mass is 35.5. The van der Waals surface area contributed by atoms with Crippen molar-refractivity contribution in [1.82, 2.24) is 0 Å². The summed E-state index contributed by atoms with van der Waals surface area (Å²) in [6.45, 7) is 1.41. The molecule has 6 heteroatoms. The summed E-state index contributed by atoms with van der Waals surface area (Å²) in [7, 11) is -3.33. The Bertz CT molecular complexity index is 501. The molecular formula is C11H14ClFO3S. The molecule has 1 N–H and O–H groups in total. The third kappa shape index (κ3) is 3.94. The second-order valence-corrected chi connectivity index (χ2v) is 6.85. The van der Waals surface area contributed by atoms with E-state index in [1.165, 1.54) is 25.1 Å². The summed E-state index contributed by atoms with van der Waals surface area (Å²) in [5.74, 6) is -0.469. The van der Waals surface area contributed by atoms with Crippen LogP contribution in [0.4, 0.5) is 4.39 Å². The van der Waals surface area contributed by atoms with E-state index in [1.54, 1.807) is 0 Å². The van der Waals surface area contributed by atoms with E-state index in [9.17, 15) is 17.9 Å². The van der Waals surface area contributed by atoms with E-state index < -0.39 is 27.0 Å². The number of aliphatic hydroxyl groups is 1. The predicted octanol–water partition coefficient (Wildman–Crippen LogP) is 1.82. The minimum absolute atomic E-state index is 0.00479. The molecule has 0 aliphatic carbocycles. The summed E-state index contributed by atoms with van der Waals surface area (Å²) < 4.78 is 35.5. The van der Waals surface area contributed by atoms with Crippen molar-refractivity contribution < 1.29 is 17.9 Å². The Morgan fingerprint density at radius 2 is 2.06 bits per heavy atom. The molecule has 2 atom stereocenters. The lowest BCUT2D eigenvalue weighted by Crippen LogP contribution is -2.32. The van der Waals surface area contributed by atoms with E-state index in [1.807, 2.05) is 0 Å². The lowest BCUT2D eigenvalue weighted by molar-refractivity contribution is 0.173. The molecule has 0 fully saturated rings. The van der Waals surface area contributed by atoms with Gasteiger partial charge in [-0.1, -0.05) is 11.6 Å². The van der Waals surface area contributed by atoms with Gasteiger partial charge in [0.1, 0.15) is 5.82 Å². The van der Waals surface area contributed by atoms with E-state index in [0.717, 1.165) is 6.26 Å². The van der Waals surface area contributed by atoms with Crippen LogP contribution in [0.25, 0.3) is 0 Å². The molecule has 2 unspecified atom stereocenters. The van der Waals surface area contributed by atoms with Gasteiger partial charge in [-0.15, -0.1) is 0 Å². The highest BCUT2D eigenvalue weighted by Gasteiger charge is 2.24. The lowest BCUT2D eigenvalue weighted by Gasteiger charge is -2.17. The molecule has 0 saturated carbocycles. The molecule has 1 aromatic carbocycles. The fraction of sp³-hybridized carbons (Fsp3) is 0.455. The van der Waals surface area contributed by atoms with Gasteiger partial charge in [-0.05, 0) is 30.7 Å². The van der Waals surface area contributed by atoms with Crippen LogP contribution in [0.1, 0.15) is 12.5 Å². The highest BCUT2D eigenvalue weighted by Crippen LogP contribution is 2.20. The Hall–Kier alpha value is -0.650. The number of benzene rings is 1. The first-order chi connectivity index (χ1) is 7.71. The average Bonchev–Trinajstić information content (AvgIpc) is 2.21. The van der Waals surface area contributed by atoms with Crippen molar-refractivity contribution in [2.75, 3.05) is 6.26 Å². The monoisotopic (exact) mass is 280 g/mol. The van der Waals surface area contributed by atoms with Crippen molar-refractivity contribution in [1.29, 1.82) is 0 Å². The van der Waals surface area contributed by atoms with Crippen LogP contribution in [0.5, 0.6) is 0 Å². The lowest BCUT2D eigenvalue weighted by atomic mass is 10.1. The maximum atomic E-state index is 13.0. The molecule has 0 heterocycles. The van der Waals surface area contributed by atoms with Crippen LogP contribution in [0.3, 0.4) is 0 Å². The molecule has 0 radical (unpaired) electrons. The SMILES string of the molecule is CC(C(O)Cc1cc(F)ccc1Cl)S(C)(=O)=O. The first kappa shape index (κ1) is 14.4. The van der Waals surface area contributed by atoms with E-state index in [2.05, 4.69) is 0 Å². The Labute approximate surface area is 105 Å². The van der Waals surface area contributed by atoms with Crippen molar-refractivity contribution >= 4 is 21.4 Å². The summed E-state index contributed by atoms with van der Waals surface area (Å²) in [6, 6.07) is 3.78. The summed E-state index contributed by atoms with van der Waals surface area (Å²) >= 11 is 5.83. The topological polar surface area (TPSA) is 54.4 Å². The predicted molar refractivity (Wildman–Crippen MR) is 65.4 cm³/mol. The van der Waals surface area contributed by atoms with E-state index in [-0.39, 0.29) is 6.42 Å². The molecule has 0 saturated heterocycles. The summed E-state index contributed by atoms with van der Waals surface area (Å²) in [5, 5.41) is 9.16. The molecule has 0 amide bonds. The van der Waals surface area contributed by atoms with Crippen LogP contribution < -0.4 is 0 Å². The van der Waals surface area contributed by atoms with Gasteiger partial charge in [0.15, 0.2) is 9.84 Å². The summed E-state index contributed by atoms with van der Waals surface area (Å²) in [5.41, 5.74) is 0.398. The van der Waals surface area contributed by atoms with Crippen LogP contribution in [0, 0.1) is 5.82 Å². The quantitative estimate of drug-likeness (QED) is 0.915. The first-order valence-electron chi connectivity index (χ1n) is 5.02. The first-order valence-corrected chi connectivity index (χ1v) is 7.36. The van der Waals surface area contributed by atoms with Gasteiger partial charge in [0.05, 0.1) is 11.4 Å². The van der Waals surface area contributed by atoms with Crippen LogP contribution in [-0.2, 0) is 16.3 Å². The minimum Gasteiger partial charge on any atom is -0.391 e. The zero-order valence-electron chi connectivity index (χ0n) is 9.52. The van der Waals surface area contributed by atoms with E-state index in [0.29, 0.717) is 10.6 Å². The minimum atomic E-state index is -3.33. The molecule has 0 aliphatic heterocycles. The van der Waals surface area contributed by atoms with Crippen LogP contribution in [0.2, 0.25) is 5.02 Å².